The number of hydrogen-bond donors (Lipinski definition) is 0. The van der Waals surface area contributed by atoms with Crippen molar-refractivity contribution in [3.63, 3.8) is 0 Å². The van der Waals surface area contributed by atoms with Crippen molar-refractivity contribution in [2.24, 2.45) is 0 Å². The highest BCUT2D eigenvalue weighted by Gasteiger charge is 2.21. The van der Waals surface area contributed by atoms with Gasteiger partial charge in [0.2, 0.25) is 0 Å². The second kappa shape index (κ2) is 13.0. The lowest BCUT2D eigenvalue weighted by atomic mass is 9.99. The van der Waals surface area contributed by atoms with E-state index in [-0.39, 0.29) is 45.3 Å². The van der Waals surface area contributed by atoms with Gasteiger partial charge >= 0.3 is 0 Å². The zero-order chi connectivity index (χ0) is 44.8. The van der Waals surface area contributed by atoms with Gasteiger partial charge in [0.15, 0.2) is 17.5 Å². The number of nitrogens with zero attached hydrogens (tertiary/aromatic N) is 4. The molecule has 3 aromatic heterocycles. The maximum Gasteiger partial charge on any atom is 0.166 e. The fourth-order valence-corrected chi connectivity index (χ4v) is 7.53. The van der Waals surface area contributed by atoms with Crippen LogP contribution in [-0.4, -0.2) is 19.5 Å². The van der Waals surface area contributed by atoms with Gasteiger partial charge in [0.05, 0.1) is 29.1 Å². The van der Waals surface area contributed by atoms with Crippen LogP contribution in [0.1, 0.15) is 12.3 Å². The molecule has 0 aliphatic rings. The van der Waals surface area contributed by atoms with E-state index in [4.69, 9.17) is 29.0 Å². The molecule has 0 radical (unpaired) electrons. The predicted octanol–water partition coefficient (Wildman–Crippen LogP) is 13.2. The van der Waals surface area contributed by atoms with E-state index in [1.165, 1.54) is 0 Å². The van der Waals surface area contributed by atoms with Crippen LogP contribution in [0.2, 0.25) is 0 Å². The van der Waals surface area contributed by atoms with Crippen LogP contribution in [0.5, 0.6) is 0 Å². The lowest BCUT2D eigenvalue weighted by molar-refractivity contribution is 0.669. The normalized spacial score (nSPS) is 13.8. The van der Waals surface area contributed by atoms with Crippen molar-refractivity contribution in [1.29, 1.82) is 0 Å². The van der Waals surface area contributed by atoms with Gasteiger partial charge < -0.3 is 8.98 Å². The zero-order valence-electron chi connectivity index (χ0n) is 38.5. The molecule has 0 aliphatic carbocycles. The highest BCUT2D eigenvalue weighted by Crippen LogP contribution is 2.41. The van der Waals surface area contributed by atoms with Gasteiger partial charge in [-0.05, 0) is 64.7 Å². The summed E-state index contributed by atoms with van der Waals surface area (Å²) in [5.41, 5.74) is 6.52. The summed E-state index contributed by atoms with van der Waals surface area (Å²) >= 11 is 0. The molecule has 5 nitrogen and oxygen atoms in total. The molecule has 0 aliphatic heterocycles. The Morgan fingerprint density at radius 1 is 0.411 bits per heavy atom. The fourth-order valence-electron chi connectivity index (χ4n) is 7.53. The third-order valence-corrected chi connectivity index (χ3v) is 10.1. The predicted molar refractivity (Wildman–Crippen MR) is 229 cm³/mol. The summed E-state index contributed by atoms with van der Waals surface area (Å²) in [6.07, 6.45) is 0. The Labute approximate surface area is 335 Å². The Balaban J connectivity index is 1.18. The van der Waals surface area contributed by atoms with Crippen molar-refractivity contribution < 1.29 is 16.8 Å². The molecule has 0 atom stereocenters. The summed E-state index contributed by atoms with van der Waals surface area (Å²) in [6, 6.07) is 39.9. The van der Waals surface area contributed by atoms with Crippen LogP contribution in [0.25, 0.3) is 106 Å². The molecule has 5 heteroatoms. The van der Waals surface area contributed by atoms with Gasteiger partial charge in [-0.1, -0.05) is 151 Å². The van der Waals surface area contributed by atoms with E-state index < -0.39 is 42.3 Å². The maximum atomic E-state index is 9.34. The molecular formula is C51H32N4O. The number of hydrogen-bond acceptors (Lipinski definition) is 4. The van der Waals surface area contributed by atoms with Gasteiger partial charge in [-0.2, -0.15) is 0 Å². The van der Waals surface area contributed by atoms with E-state index in [1.807, 2.05) is 121 Å². The summed E-state index contributed by atoms with van der Waals surface area (Å²) in [4.78, 5) is 15.2. The summed E-state index contributed by atoms with van der Waals surface area (Å²) < 4.78 is 87.1. The highest BCUT2D eigenvalue weighted by atomic mass is 16.3. The van der Waals surface area contributed by atoms with Crippen LogP contribution in [0.15, 0.2) is 198 Å². The van der Waals surface area contributed by atoms with E-state index in [2.05, 4.69) is 0 Å². The summed E-state index contributed by atoms with van der Waals surface area (Å²) in [5.74, 6) is 1.02. The third-order valence-electron chi connectivity index (χ3n) is 10.1. The lowest BCUT2D eigenvalue weighted by Gasteiger charge is -2.15. The Morgan fingerprint density at radius 2 is 1.05 bits per heavy atom. The number of benzene rings is 8. The average Bonchev–Trinajstić information content (AvgIpc) is 3.90. The minimum absolute atomic E-state index is 0.0900. The second-order valence-electron chi connectivity index (χ2n) is 13.3. The van der Waals surface area contributed by atoms with E-state index >= 15 is 0 Å². The van der Waals surface area contributed by atoms with Gasteiger partial charge in [0, 0.05) is 38.2 Å². The van der Waals surface area contributed by atoms with Gasteiger partial charge in [-0.3, -0.25) is 0 Å². The number of fused-ring (bicyclic) bond motifs is 6. The topological polar surface area (TPSA) is 56.7 Å². The van der Waals surface area contributed by atoms with E-state index in [0.717, 1.165) is 33.0 Å². The average molecular weight is 726 g/mol. The van der Waals surface area contributed by atoms with Crippen LogP contribution in [0.3, 0.4) is 0 Å². The Morgan fingerprint density at radius 3 is 1.93 bits per heavy atom. The fraction of sp³-hybridized carbons (Fsp3) is 0. The largest absolute Gasteiger partial charge is 0.456 e. The Hall–Kier alpha value is -7.63. The molecular weight excluding hydrogens is 685 g/mol. The van der Waals surface area contributed by atoms with Crippen molar-refractivity contribution in [3.05, 3.63) is 194 Å². The van der Waals surface area contributed by atoms with Crippen LogP contribution in [0, 0.1) is 0 Å². The molecule has 56 heavy (non-hydrogen) atoms. The molecule has 0 fully saturated rings. The maximum absolute atomic E-state index is 9.34. The smallest absolute Gasteiger partial charge is 0.166 e. The molecule has 11 rings (SSSR count). The first-order valence-corrected chi connectivity index (χ1v) is 18.0. The minimum atomic E-state index is -0.546. The molecule has 0 unspecified atom stereocenters. The second-order valence-corrected chi connectivity index (χ2v) is 13.3. The lowest BCUT2D eigenvalue weighted by Crippen LogP contribution is -2.03. The monoisotopic (exact) mass is 725 g/mol. The number of furan rings is 1. The van der Waals surface area contributed by atoms with Crippen molar-refractivity contribution >= 4 is 43.7 Å². The van der Waals surface area contributed by atoms with E-state index in [0.29, 0.717) is 39.6 Å². The van der Waals surface area contributed by atoms with Gasteiger partial charge in [0.1, 0.15) is 11.2 Å². The van der Waals surface area contributed by atoms with Crippen LogP contribution >= 0.6 is 0 Å². The standard InChI is InChI=1S/C51H32N4O/c1-3-14-33(15-4-1)34-26-28-36(29-27-34)49-52-50(37-30-31-40-39-18-9-12-25-46(39)56-47(40)32-37)54-51(53-49)42-20-8-11-23-44(42)55-43-22-10-7-19-41(43)48-38(21-13-24-45(48)55)35-16-5-2-6-17-35/h1-32H/i2D,5D,6D,7D,10D,16D,17D,19D,22D. The van der Waals surface area contributed by atoms with E-state index in [9.17, 15) is 2.74 Å². The van der Waals surface area contributed by atoms with Crippen LogP contribution < -0.4 is 0 Å². The zero-order valence-corrected chi connectivity index (χ0v) is 29.5. The van der Waals surface area contributed by atoms with Gasteiger partial charge in [0.25, 0.3) is 0 Å². The Bertz CT molecular complexity index is 3750. The molecule has 8 aromatic carbocycles. The molecule has 262 valence electrons. The molecule has 0 saturated heterocycles. The summed E-state index contributed by atoms with van der Waals surface area (Å²) in [7, 11) is 0. The molecule has 0 saturated carbocycles. The van der Waals surface area contributed by atoms with Crippen molar-refractivity contribution in [1.82, 2.24) is 19.5 Å². The SMILES string of the molecule is [2H]c1c([2H])c([2H])c(-c2cccc3c2c2c([2H])c([2H])c([2H])c([2H])c2n3-c2ccccc2-c2nc(-c3ccc(-c4ccccc4)cc3)nc(-c3ccc4c(c3)oc3ccccc34)n2)c([2H])c1[2H]. The first-order chi connectivity index (χ1) is 31.5. The Kier molecular flexibility index (Phi) is 5.57. The summed E-state index contributed by atoms with van der Waals surface area (Å²) in [6.45, 7) is 0. The summed E-state index contributed by atoms with van der Waals surface area (Å²) in [5, 5.41) is 2.34. The van der Waals surface area contributed by atoms with Crippen molar-refractivity contribution in [3.8, 4) is 62.1 Å². The van der Waals surface area contributed by atoms with Crippen molar-refractivity contribution in [2.45, 2.75) is 0 Å². The van der Waals surface area contributed by atoms with Crippen LogP contribution in [0.4, 0.5) is 0 Å². The molecule has 11 aromatic rings. The molecule has 3 heterocycles. The highest BCUT2D eigenvalue weighted by molar-refractivity contribution is 6.16. The number of para-hydroxylation sites is 3. The van der Waals surface area contributed by atoms with E-state index in [1.54, 1.807) is 22.8 Å². The molecule has 0 amide bonds. The third kappa shape index (κ3) is 5.29. The number of rotatable bonds is 6. The molecule has 0 bridgehead atoms. The molecule has 0 spiro atoms. The quantitative estimate of drug-likeness (QED) is 0.171. The van der Waals surface area contributed by atoms with Crippen LogP contribution in [-0.2, 0) is 0 Å². The minimum Gasteiger partial charge on any atom is -0.456 e. The first kappa shape index (κ1) is 23.9. The first-order valence-electron chi connectivity index (χ1n) is 22.5. The molecule has 0 N–H and O–H groups in total. The van der Waals surface area contributed by atoms with Crippen molar-refractivity contribution in [2.75, 3.05) is 0 Å². The van der Waals surface area contributed by atoms with Gasteiger partial charge in [-0.15, -0.1) is 0 Å². The number of aromatic nitrogens is 4. The van der Waals surface area contributed by atoms with Gasteiger partial charge in [-0.25, -0.2) is 15.0 Å².